The zero-order valence-corrected chi connectivity index (χ0v) is 13.8. The number of benzene rings is 1. The second-order valence-electron chi connectivity index (χ2n) is 5.67. The van der Waals surface area contributed by atoms with Gasteiger partial charge < -0.3 is 9.09 Å². The zero-order valence-electron chi connectivity index (χ0n) is 13.0. The molecule has 8 heteroatoms. The van der Waals surface area contributed by atoms with Crippen LogP contribution in [0.2, 0.25) is 0 Å². The lowest BCUT2D eigenvalue weighted by Gasteiger charge is -2.04. The number of hydrogen-bond donors (Lipinski definition) is 0. The van der Waals surface area contributed by atoms with Crippen molar-refractivity contribution >= 4 is 11.8 Å². The molecule has 0 saturated carbocycles. The Morgan fingerprint density at radius 3 is 2.88 bits per heavy atom. The summed E-state index contributed by atoms with van der Waals surface area (Å²) in [4.78, 5) is 4.36. The largest absolute Gasteiger partial charge is 0.334 e. The maximum Gasteiger partial charge on any atom is 0.257 e. The lowest BCUT2D eigenvalue weighted by molar-refractivity contribution is 0.425. The van der Waals surface area contributed by atoms with Crippen LogP contribution in [0, 0.1) is 5.82 Å². The normalized spacial score (nSPS) is 14.4. The van der Waals surface area contributed by atoms with Gasteiger partial charge in [-0.3, -0.25) is 0 Å². The van der Waals surface area contributed by atoms with Crippen molar-refractivity contribution in [2.24, 2.45) is 0 Å². The monoisotopic (exact) mass is 345 g/mol. The van der Waals surface area contributed by atoms with Gasteiger partial charge in [0.2, 0.25) is 0 Å². The fourth-order valence-electron chi connectivity index (χ4n) is 2.72. The van der Waals surface area contributed by atoms with Gasteiger partial charge in [-0.05, 0) is 37.1 Å². The number of thioether (sulfide) groups is 1. The molecule has 0 saturated heterocycles. The third-order valence-corrected chi connectivity index (χ3v) is 4.93. The van der Waals surface area contributed by atoms with Crippen molar-refractivity contribution in [1.82, 2.24) is 24.9 Å². The molecule has 4 rings (SSSR count). The summed E-state index contributed by atoms with van der Waals surface area (Å²) in [6, 6.07) is 6.00. The van der Waals surface area contributed by atoms with E-state index in [2.05, 4.69) is 24.9 Å². The number of fused-ring (bicyclic) bond motifs is 1. The molecule has 0 unspecified atom stereocenters. The van der Waals surface area contributed by atoms with Crippen molar-refractivity contribution in [3.05, 3.63) is 41.7 Å². The average Bonchev–Trinajstić information content (AvgIpc) is 3.15. The first-order valence-corrected chi connectivity index (χ1v) is 8.91. The summed E-state index contributed by atoms with van der Waals surface area (Å²) in [6.07, 6.45) is 4.56. The fourth-order valence-corrected chi connectivity index (χ4v) is 3.54. The number of halogens is 1. The number of hydrogen-bond acceptors (Lipinski definition) is 6. The molecular formula is C16H16FN5OS. The van der Waals surface area contributed by atoms with E-state index in [0.717, 1.165) is 30.4 Å². The third kappa shape index (κ3) is 3.19. The van der Waals surface area contributed by atoms with Gasteiger partial charge >= 0.3 is 0 Å². The van der Waals surface area contributed by atoms with Crippen LogP contribution in [-0.2, 0) is 18.7 Å². The molecule has 1 aliphatic rings. The minimum absolute atomic E-state index is 0.290. The van der Waals surface area contributed by atoms with E-state index in [-0.39, 0.29) is 5.82 Å². The number of rotatable bonds is 4. The Bertz CT molecular complexity index is 829. The molecule has 0 N–H and O–H groups in total. The van der Waals surface area contributed by atoms with Gasteiger partial charge in [-0.25, -0.2) is 4.39 Å². The fraction of sp³-hybridized carbons (Fsp3) is 0.375. The first kappa shape index (κ1) is 15.3. The van der Waals surface area contributed by atoms with Crippen molar-refractivity contribution < 1.29 is 8.91 Å². The summed E-state index contributed by atoms with van der Waals surface area (Å²) in [5.41, 5.74) is 0.705. The molecule has 0 aliphatic carbocycles. The molecule has 6 nitrogen and oxygen atoms in total. The average molecular weight is 345 g/mol. The van der Waals surface area contributed by atoms with Gasteiger partial charge in [0.1, 0.15) is 11.6 Å². The highest BCUT2D eigenvalue weighted by molar-refractivity contribution is 7.98. The lowest BCUT2D eigenvalue weighted by Crippen LogP contribution is -2.02. The smallest absolute Gasteiger partial charge is 0.257 e. The summed E-state index contributed by atoms with van der Waals surface area (Å²) in [7, 11) is 0. The maximum atomic E-state index is 13.0. The van der Waals surface area contributed by atoms with Gasteiger partial charge in [0.25, 0.3) is 5.89 Å². The van der Waals surface area contributed by atoms with Crippen LogP contribution in [0.15, 0.2) is 33.9 Å². The first-order chi connectivity index (χ1) is 11.8. The van der Waals surface area contributed by atoms with E-state index in [9.17, 15) is 4.39 Å². The van der Waals surface area contributed by atoms with Gasteiger partial charge in [-0.2, -0.15) is 4.98 Å². The molecule has 0 atom stereocenters. The van der Waals surface area contributed by atoms with Gasteiger partial charge in [0, 0.05) is 18.5 Å². The number of aromatic nitrogens is 5. The Balaban J connectivity index is 1.45. The van der Waals surface area contributed by atoms with E-state index in [1.54, 1.807) is 23.9 Å². The minimum Gasteiger partial charge on any atom is -0.334 e. The Kier molecular flexibility index (Phi) is 4.29. The van der Waals surface area contributed by atoms with E-state index in [0.29, 0.717) is 23.0 Å². The molecule has 1 aliphatic heterocycles. The zero-order chi connectivity index (χ0) is 16.4. The molecule has 0 radical (unpaired) electrons. The molecule has 1 aromatic carbocycles. The van der Waals surface area contributed by atoms with Crippen molar-refractivity contribution in [3.63, 3.8) is 0 Å². The molecule has 3 heterocycles. The molecule has 3 aromatic rings. The minimum atomic E-state index is -0.290. The first-order valence-electron chi connectivity index (χ1n) is 7.93. The number of nitrogens with zero attached hydrogens (tertiary/aromatic N) is 5. The Morgan fingerprint density at radius 2 is 2.00 bits per heavy atom. The predicted octanol–water partition coefficient (Wildman–Crippen LogP) is 3.49. The highest BCUT2D eigenvalue weighted by Gasteiger charge is 2.16. The Hall–Kier alpha value is -2.22. The van der Waals surface area contributed by atoms with Gasteiger partial charge in [-0.15, -0.1) is 10.2 Å². The summed E-state index contributed by atoms with van der Waals surface area (Å²) >= 11 is 1.56. The van der Waals surface area contributed by atoms with Crippen LogP contribution in [0.25, 0.3) is 11.5 Å². The van der Waals surface area contributed by atoms with Crippen LogP contribution < -0.4 is 0 Å². The molecule has 24 heavy (non-hydrogen) atoms. The van der Waals surface area contributed by atoms with Crippen LogP contribution >= 0.6 is 11.8 Å². The van der Waals surface area contributed by atoms with Crippen molar-refractivity contribution in [1.29, 1.82) is 0 Å². The predicted molar refractivity (Wildman–Crippen MR) is 86.8 cm³/mol. The number of aryl methyl sites for hydroxylation is 1. The lowest BCUT2D eigenvalue weighted by atomic mass is 10.2. The van der Waals surface area contributed by atoms with E-state index < -0.39 is 0 Å². The SMILES string of the molecule is Fc1ccc(-c2nc(CSc3nnc4n3CCCCC4)no2)cc1. The van der Waals surface area contributed by atoms with Crippen LogP contribution in [0.1, 0.15) is 30.9 Å². The van der Waals surface area contributed by atoms with Gasteiger partial charge in [-0.1, -0.05) is 23.3 Å². The van der Waals surface area contributed by atoms with Crippen molar-refractivity contribution in [2.45, 2.75) is 43.1 Å². The Morgan fingerprint density at radius 1 is 1.12 bits per heavy atom. The molecule has 2 aromatic heterocycles. The molecule has 0 fully saturated rings. The maximum absolute atomic E-state index is 13.0. The molecule has 0 amide bonds. The Labute approximate surface area is 142 Å². The molecular weight excluding hydrogens is 329 g/mol. The van der Waals surface area contributed by atoms with E-state index in [4.69, 9.17) is 4.52 Å². The van der Waals surface area contributed by atoms with Gasteiger partial charge in [0.05, 0.1) is 5.75 Å². The highest BCUT2D eigenvalue weighted by Crippen LogP contribution is 2.25. The van der Waals surface area contributed by atoms with E-state index in [1.807, 2.05) is 0 Å². The second kappa shape index (κ2) is 6.72. The second-order valence-corrected chi connectivity index (χ2v) is 6.61. The van der Waals surface area contributed by atoms with E-state index in [1.165, 1.54) is 25.0 Å². The van der Waals surface area contributed by atoms with Crippen LogP contribution in [0.4, 0.5) is 4.39 Å². The topological polar surface area (TPSA) is 69.6 Å². The van der Waals surface area contributed by atoms with Crippen molar-refractivity contribution in [3.8, 4) is 11.5 Å². The molecule has 0 bridgehead atoms. The highest BCUT2D eigenvalue weighted by atomic mass is 32.2. The van der Waals surface area contributed by atoms with E-state index >= 15 is 0 Å². The summed E-state index contributed by atoms with van der Waals surface area (Å²) < 4.78 is 20.4. The molecule has 0 spiro atoms. The quantitative estimate of drug-likeness (QED) is 0.674. The van der Waals surface area contributed by atoms with Crippen LogP contribution in [-0.4, -0.2) is 24.9 Å². The summed E-state index contributed by atoms with van der Waals surface area (Å²) in [5.74, 6) is 2.32. The summed E-state index contributed by atoms with van der Waals surface area (Å²) in [5, 5.41) is 13.4. The standard InChI is InChI=1S/C16H16FN5OS/c17-12-7-5-11(6-8-12)15-18-13(21-23-15)10-24-16-20-19-14-4-2-1-3-9-22(14)16/h5-8H,1-4,9-10H2. The van der Waals surface area contributed by atoms with Gasteiger partial charge in [0.15, 0.2) is 11.0 Å². The van der Waals surface area contributed by atoms with Crippen LogP contribution in [0.5, 0.6) is 0 Å². The van der Waals surface area contributed by atoms with Crippen LogP contribution in [0.3, 0.4) is 0 Å². The summed E-state index contributed by atoms with van der Waals surface area (Å²) in [6.45, 7) is 0.970. The third-order valence-electron chi connectivity index (χ3n) is 3.97. The van der Waals surface area contributed by atoms with Crippen molar-refractivity contribution in [2.75, 3.05) is 0 Å². The molecule has 124 valence electrons.